The number of piperidine rings is 1. The van der Waals surface area contributed by atoms with Crippen LogP contribution >= 0.6 is 0 Å². The Bertz CT molecular complexity index is 615. The van der Waals surface area contributed by atoms with Crippen LogP contribution in [0.1, 0.15) is 28.8 Å². The van der Waals surface area contributed by atoms with Crippen LogP contribution in [0.4, 0.5) is 10.5 Å². The molecule has 1 aliphatic rings. The minimum atomic E-state index is -0.885. The number of benzene rings is 1. The molecule has 22 heavy (non-hydrogen) atoms. The Morgan fingerprint density at radius 2 is 2.05 bits per heavy atom. The van der Waals surface area contributed by atoms with E-state index in [0.717, 1.165) is 5.56 Å². The highest BCUT2D eigenvalue weighted by Crippen LogP contribution is 2.19. The number of hydrogen-bond acceptors (Lipinski definition) is 3. The average molecular weight is 305 g/mol. The number of aryl methyl sites for hydroxylation is 1. The van der Waals surface area contributed by atoms with Gasteiger partial charge in [0.2, 0.25) is 5.91 Å². The van der Waals surface area contributed by atoms with Gasteiger partial charge in [0.05, 0.1) is 5.92 Å². The van der Waals surface area contributed by atoms with Gasteiger partial charge in [-0.05, 0) is 43.5 Å². The van der Waals surface area contributed by atoms with E-state index in [9.17, 15) is 14.4 Å². The Morgan fingerprint density at radius 3 is 2.68 bits per heavy atom. The van der Waals surface area contributed by atoms with E-state index in [1.165, 1.54) is 11.0 Å². The van der Waals surface area contributed by atoms with Crippen LogP contribution < -0.4 is 11.1 Å². The number of nitrogens with one attached hydrogen (secondary N) is 1. The number of carboxylic acids is 1. The maximum absolute atomic E-state index is 12.2. The molecule has 1 aliphatic heterocycles. The fourth-order valence-corrected chi connectivity index (χ4v) is 2.56. The highest BCUT2D eigenvalue weighted by Gasteiger charge is 2.28. The number of hydrogen-bond donors (Lipinski definition) is 3. The van der Waals surface area contributed by atoms with Crippen LogP contribution in [0.5, 0.6) is 0 Å². The molecule has 0 spiro atoms. The van der Waals surface area contributed by atoms with Crippen LogP contribution in [0.3, 0.4) is 0 Å². The molecular weight excluding hydrogens is 286 g/mol. The molecule has 1 aromatic rings. The van der Waals surface area contributed by atoms with Gasteiger partial charge in [0, 0.05) is 24.3 Å². The van der Waals surface area contributed by atoms with E-state index < -0.39 is 17.8 Å². The topological polar surface area (TPSA) is 113 Å². The number of aliphatic carboxylic acids is 1. The predicted octanol–water partition coefficient (Wildman–Crippen LogP) is 1.42. The second-order valence-electron chi connectivity index (χ2n) is 5.51. The molecule has 4 N–H and O–H groups in total. The molecule has 0 radical (unpaired) electrons. The van der Waals surface area contributed by atoms with Crippen molar-refractivity contribution in [3.05, 3.63) is 29.3 Å². The molecule has 0 saturated carbocycles. The fraction of sp³-hybridized carbons (Fsp3) is 0.400. The van der Waals surface area contributed by atoms with Crippen LogP contribution in [0.2, 0.25) is 0 Å². The van der Waals surface area contributed by atoms with Gasteiger partial charge in [-0.15, -0.1) is 0 Å². The SMILES string of the molecule is Cc1cc(NC(=O)N2CCCC(C(=O)O)C2)cc(C(N)=O)c1. The number of nitrogens with zero attached hydrogens (tertiary/aromatic N) is 1. The number of urea groups is 1. The molecule has 1 unspecified atom stereocenters. The van der Waals surface area contributed by atoms with Gasteiger partial charge in [-0.3, -0.25) is 9.59 Å². The third-order valence-corrected chi connectivity index (χ3v) is 3.67. The zero-order valence-corrected chi connectivity index (χ0v) is 12.3. The highest BCUT2D eigenvalue weighted by molar-refractivity contribution is 5.96. The van der Waals surface area contributed by atoms with Gasteiger partial charge in [-0.1, -0.05) is 0 Å². The smallest absolute Gasteiger partial charge is 0.321 e. The highest BCUT2D eigenvalue weighted by atomic mass is 16.4. The summed E-state index contributed by atoms with van der Waals surface area (Å²) in [7, 11) is 0. The first-order valence-electron chi connectivity index (χ1n) is 7.07. The Morgan fingerprint density at radius 1 is 1.32 bits per heavy atom. The molecule has 2 rings (SSSR count). The summed E-state index contributed by atoms with van der Waals surface area (Å²) in [6.07, 6.45) is 1.24. The molecule has 0 bridgehead atoms. The zero-order valence-electron chi connectivity index (χ0n) is 12.3. The van der Waals surface area contributed by atoms with E-state index in [1.54, 1.807) is 19.1 Å². The van der Waals surface area contributed by atoms with Crippen LogP contribution in [0.25, 0.3) is 0 Å². The molecule has 0 aromatic heterocycles. The van der Waals surface area contributed by atoms with Gasteiger partial charge < -0.3 is 21.1 Å². The van der Waals surface area contributed by atoms with E-state index >= 15 is 0 Å². The van der Waals surface area contributed by atoms with E-state index in [2.05, 4.69) is 5.32 Å². The van der Waals surface area contributed by atoms with Gasteiger partial charge in [0.1, 0.15) is 0 Å². The van der Waals surface area contributed by atoms with Crippen molar-refractivity contribution in [3.63, 3.8) is 0 Å². The van der Waals surface area contributed by atoms with E-state index in [1.807, 2.05) is 0 Å². The number of anilines is 1. The quantitative estimate of drug-likeness (QED) is 0.783. The zero-order chi connectivity index (χ0) is 16.3. The number of nitrogens with two attached hydrogens (primary N) is 1. The van der Waals surface area contributed by atoms with Crippen molar-refractivity contribution < 1.29 is 19.5 Å². The minimum Gasteiger partial charge on any atom is -0.481 e. The number of primary amides is 1. The Kier molecular flexibility index (Phi) is 4.65. The van der Waals surface area contributed by atoms with Crippen LogP contribution in [0.15, 0.2) is 18.2 Å². The van der Waals surface area contributed by atoms with Crippen molar-refractivity contribution in [2.24, 2.45) is 11.7 Å². The lowest BCUT2D eigenvalue weighted by Gasteiger charge is -2.30. The number of carbonyl (C=O) groups is 3. The summed E-state index contributed by atoms with van der Waals surface area (Å²) < 4.78 is 0. The van der Waals surface area contributed by atoms with Crippen LogP contribution in [0, 0.1) is 12.8 Å². The van der Waals surface area contributed by atoms with Crippen molar-refractivity contribution in [1.29, 1.82) is 0 Å². The second-order valence-corrected chi connectivity index (χ2v) is 5.51. The minimum absolute atomic E-state index is 0.190. The van der Waals surface area contributed by atoms with Crippen LogP contribution in [-0.2, 0) is 4.79 Å². The molecule has 0 aliphatic carbocycles. The molecule has 7 heteroatoms. The largest absolute Gasteiger partial charge is 0.481 e. The van der Waals surface area contributed by atoms with Crippen molar-refractivity contribution in [1.82, 2.24) is 4.90 Å². The second kappa shape index (κ2) is 6.46. The molecule has 1 atom stereocenters. The first kappa shape index (κ1) is 15.8. The predicted molar refractivity (Wildman–Crippen MR) is 80.6 cm³/mol. The third-order valence-electron chi connectivity index (χ3n) is 3.67. The monoisotopic (exact) mass is 305 g/mol. The van der Waals surface area contributed by atoms with E-state index in [4.69, 9.17) is 10.8 Å². The maximum atomic E-state index is 12.2. The van der Waals surface area contributed by atoms with Crippen LogP contribution in [-0.4, -0.2) is 41.0 Å². The summed E-state index contributed by atoms with van der Waals surface area (Å²) in [6.45, 7) is 2.50. The first-order chi connectivity index (χ1) is 10.4. The van der Waals surface area contributed by atoms with Gasteiger partial charge in [0.25, 0.3) is 0 Å². The van der Waals surface area contributed by atoms with Crippen molar-refractivity contribution in [2.45, 2.75) is 19.8 Å². The summed E-state index contributed by atoms with van der Waals surface area (Å²) in [5.74, 6) is -1.98. The maximum Gasteiger partial charge on any atom is 0.321 e. The summed E-state index contributed by atoms with van der Waals surface area (Å²) in [5, 5.41) is 11.7. The van der Waals surface area contributed by atoms with E-state index in [-0.39, 0.29) is 12.6 Å². The normalized spacial score (nSPS) is 17.9. The fourth-order valence-electron chi connectivity index (χ4n) is 2.56. The van der Waals surface area contributed by atoms with Gasteiger partial charge >= 0.3 is 12.0 Å². The lowest BCUT2D eigenvalue weighted by Crippen LogP contribution is -2.44. The lowest BCUT2D eigenvalue weighted by atomic mass is 9.99. The summed E-state index contributed by atoms with van der Waals surface area (Å²) in [4.78, 5) is 36.0. The van der Waals surface area contributed by atoms with Gasteiger partial charge in [0.15, 0.2) is 0 Å². The molecule has 1 saturated heterocycles. The molecular formula is C15H19N3O4. The molecule has 1 fully saturated rings. The third kappa shape index (κ3) is 3.75. The Balaban J connectivity index is 2.08. The first-order valence-corrected chi connectivity index (χ1v) is 7.07. The molecule has 1 heterocycles. The summed E-state index contributed by atoms with van der Waals surface area (Å²) in [6, 6.07) is 4.50. The number of carbonyl (C=O) groups excluding carboxylic acids is 2. The van der Waals surface area contributed by atoms with Crippen molar-refractivity contribution in [3.8, 4) is 0 Å². The van der Waals surface area contributed by atoms with Gasteiger partial charge in [-0.25, -0.2) is 4.79 Å². The molecule has 118 valence electrons. The van der Waals surface area contributed by atoms with Gasteiger partial charge in [-0.2, -0.15) is 0 Å². The Hall–Kier alpha value is -2.57. The lowest BCUT2D eigenvalue weighted by molar-refractivity contribution is -0.143. The Labute approximate surface area is 128 Å². The van der Waals surface area contributed by atoms with Crippen molar-refractivity contribution >= 4 is 23.6 Å². The average Bonchev–Trinajstić information content (AvgIpc) is 2.46. The summed E-state index contributed by atoms with van der Waals surface area (Å²) >= 11 is 0. The number of carboxylic acid groups (broad SMARTS) is 1. The molecule has 3 amide bonds. The summed E-state index contributed by atoms with van der Waals surface area (Å²) in [5.41, 5.74) is 6.83. The number of likely N-dealkylation sites (tertiary alicyclic amines) is 1. The molecule has 7 nitrogen and oxygen atoms in total. The van der Waals surface area contributed by atoms with E-state index in [0.29, 0.717) is 30.6 Å². The standard InChI is InChI=1S/C15H19N3O4/c1-9-5-11(13(16)19)7-12(6-9)17-15(22)18-4-2-3-10(8-18)14(20)21/h5-7,10H,2-4,8H2,1H3,(H2,16,19)(H,17,22)(H,20,21). The molecule has 1 aromatic carbocycles. The number of amides is 3. The van der Waals surface area contributed by atoms with Crippen molar-refractivity contribution in [2.75, 3.05) is 18.4 Å². The number of rotatable bonds is 3.